The van der Waals surface area contributed by atoms with Crippen molar-refractivity contribution in [3.05, 3.63) is 34.5 Å². The minimum absolute atomic E-state index is 0.0856. The molecule has 88 valence electrons. The molecule has 6 heteroatoms. The summed E-state index contributed by atoms with van der Waals surface area (Å²) in [6.07, 6.45) is 1.87. The molecule has 1 rings (SSSR count). The number of rotatable bonds is 3. The largest absolute Gasteiger partial charge is 0.344 e. The second-order valence-electron chi connectivity index (χ2n) is 3.06. The Hall–Kier alpha value is -2.13. The van der Waals surface area contributed by atoms with Gasteiger partial charge in [0.25, 0.3) is 0 Å². The van der Waals surface area contributed by atoms with Crippen LogP contribution in [0.4, 0.5) is 5.69 Å². The summed E-state index contributed by atoms with van der Waals surface area (Å²) < 4.78 is 0. The van der Waals surface area contributed by atoms with E-state index < -0.39 is 0 Å². The summed E-state index contributed by atoms with van der Waals surface area (Å²) in [7, 11) is 0. The highest BCUT2D eigenvalue weighted by atomic mass is 35.5. The highest BCUT2D eigenvalue weighted by molar-refractivity contribution is 7.98. The van der Waals surface area contributed by atoms with Crippen LogP contribution in [0.5, 0.6) is 0 Å². The molecule has 0 aliphatic heterocycles. The van der Waals surface area contributed by atoms with Crippen molar-refractivity contribution in [2.24, 2.45) is 0 Å². The second kappa shape index (κ2) is 6.57. The summed E-state index contributed by atoms with van der Waals surface area (Å²) >= 11 is 7.33. The van der Waals surface area contributed by atoms with Crippen molar-refractivity contribution in [3.8, 4) is 18.2 Å². The first-order valence-corrected chi connectivity index (χ1v) is 6.31. The van der Waals surface area contributed by atoms with Gasteiger partial charge in [0, 0.05) is 9.92 Å². The predicted octanol–water partition coefficient (Wildman–Crippen LogP) is 3.30. The Morgan fingerprint density at radius 1 is 1.22 bits per heavy atom. The minimum atomic E-state index is -0.260. The molecule has 1 aromatic rings. The standard InChI is InChI=1S/C12H7ClN4S/c1-18-12-3-2-9(13)4-10(12)17-11(7-16)8(5-14)6-15/h2-4,17H,1H3. The van der Waals surface area contributed by atoms with Crippen LogP contribution in [-0.4, -0.2) is 6.26 Å². The lowest BCUT2D eigenvalue weighted by molar-refractivity contribution is 1.33. The zero-order chi connectivity index (χ0) is 13.5. The number of benzene rings is 1. The molecule has 0 saturated heterocycles. The Labute approximate surface area is 114 Å². The van der Waals surface area contributed by atoms with Gasteiger partial charge in [-0.05, 0) is 24.5 Å². The van der Waals surface area contributed by atoms with Crippen LogP contribution in [0.1, 0.15) is 0 Å². The number of anilines is 1. The van der Waals surface area contributed by atoms with Gasteiger partial charge in [-0.15, -0.1) is 11.8 Å². The topological polar surface area (TPSA) is 83.4 Å². The van der Waals surface area contributed by atoms with Crippen LogP contribution in [0.2, 0.25) is 5.02 Å². The van der Waals surface area contributed by atoms with Crippen LogP contribution in [0, 0.1) is 34.0 Å². The molecule has 0 bridgehead atoms. The van der Waals surface area contributed by atoms with Crippen molar-refractivity contribution in [1.29, 1.82) is 15.8 Å². The molecular weight excluding hydrogens is 268 g/mol. The molecule has 0 unspecified atom stereocenters. The molecule has 0 amide bonds. The molecule has 0 radical (unpaired) electrons. The number of thioether (sulfide) groups is 1. The molecule has 0 heterocycles. The molecule has 4 nitrogen and oxygen atoms in total. The van der Waals surface area contributed by atoms with Crippen molar-refractivity contribution < 1.29 is 0 Å². The number of hydrogen-bond donors (Lipinski definition) is 1. The molecule has 0 spiro atoms. The van der Waals surface area contributed by atoms with E-state index >= 15 is 0 Å². The normalized spacial score (nSPS) is 8.61. The van der Waals surface area contributed by atoms with Gasteiger partial charge in [-0.1, -0.05) is 11.6 Å². The van der Waals surface area contributed by atoms with Crippen molar-refractivity contribution >= 4 is 29.1 Å². The summed E-state index contributed by atoms with van der Waals surface area (Å²) in [5, 5.41) is 29.7. The molecule has 0 aromatic heterocycles. The third kappa shape index (κ3) is 3.18. The summed E-state index contributed by atoms with van der Waals surface area (Å²) in [5.74, 6) is 0. The highest BCUT2D eigenvalue weighted by Gasteiger charge is 2.09. The fourth-order valence-corrected chi connectivity index (χ4v) is 1.90. The smallest absolute Gasteiger partial charge is 0.163 e. The number of nitrogens with zero attached hydrogens (tertiary/aromatic N) is 3. The van der Waals surface area contributed by atoms with Crippen molar-refractivity contribution in [2.45, 2.75) is 4.90 Å². The summed E-state index contributed by atoms with van der Waals surface area (Å²) in [6, 6.07) is 10.3. The van der Waals surface area contributed by atoms with Gasteiger partial charge in [0.1, 0.15) is 23.9 Å². The molecule has 0 saturated carbocycles. The molecule has 0 fully saturated rings. The summed E-state index contributed by atoms with van der Waals surface area (Å²) in [4.78, 5) is 0.863. The summed E-state index contributed by atoms with van der Waals surface area (Å²) in [6.45, 7) is 0. The Kier molecular flexibility index (Phi) is 5.08. The van der Waals surface area contributed by atoms with Gasteiger partial charge in [-0.3, -0.25) is 0 Å². The predicted molar refractivity (Wildman–Crippen MR) is 70.7 cm³/mol. The zero-order valence-electron chi connectivity index (χ0n) is 9.36. The number of allylic oxidation sites excluding steroid dienone is 2. The average Bonchev–Trinajstić information content (AvgIpc) is 2.39. The Bertz CT molecular complexity index is 600. The van der Waals surface area contributed by atoms with E-state index in [1.807, 2.05) is 6.26 Å². The van der Waals surface area contributed by atoms with Crippen LogP contribution in [0.3, 0.4) is 0 Å². The van der Waals surface area contributed by atoms with Crippen LogP contribution in [-0.2, 0) is 0 Å². The SMILES string of the molecule is CSc1ccc(Cl)cc1NC(C#N)=C(C#N)C#N. The minimum Gasteiger partial charge on any atom is -0.344 e. The van der Waals surface area contributed by atoms with E-state index in [-0.39, 0.29) is 11.3 Å². The first-order chi connectivity index (χ1) is 8.65. The van der Waals surface area contributed by atoms with Crippen LogP contribution >= 0.6 is 23.4 Å². The maximum absolute atomic E-state index is 8.94. The van der Waals surface area contributed by atoms with E-state index in [2.05, 4.69) is 5.32 Å². The van der Waals surface area contributed by atoms with Crippen LogP contribution in [0.15, 0.2) is 34.4 Å². The van der Waals surface area contributed by atoms with Crippen molar-refractivity contribution in [3.63, 3.8) is 0 Å². The second-order valence-corrected chi connectivity index (χ2v) is 4.34. The van der Waals surface area contributed by atoms with E-state index in [1.54, 1.807) is 36.4 Å². The molecule has 0 atom stereocenters. The van der Waals surface area contributed by atoms with Gasteiger partial charge in [-0.25, -0.2) is 0 Å². The quantitative estimate of drug-likeness (QED) is 0.675. The molecule has 0 aliphatic carbocycles. The lowest BCUT2D eigenvalue weighted by Gasteiger charge is -2.09. The van der Waals surface area contributed by atoms with Gasteiger partial charge in [0.2, 0.25) is 0 Å². The number of hydrogen-bond acceptors (Lipinski definition) is 5. The molecule has 18 heavy (non-hydrogen) atoms. The number of nitriles is 3. The van der Waals surface area contributed by atoms with Crippen molar-refractivity contribution in [2.75, 3.05) is 11.6 Å². The van der Waals surface area contributed by atoms with Gasteiger partial charge in [0.05, 0.1) is 5.69 Å². The maximum atomic E-state index is 8.94. The van der Waals surface area contributed by atoms with E-state index in [1.165, 1.54) is 11.8 Å². The number of halogens is 1. The average molecular weight is 275 g/mol. The molecular formula is C12H7ClN4S. The Morgan fingerprint density at radius 2 is 1.89 bits per heavy atom. The van der Waals surface area contributed by atoms with E-state index in [0.717, 1.165) is 4.90 Å². The van der Waals surface area contributed by atoms with E-state index in [4.69, 9.17) is 27.4 Å². The summed E-state index contributed by atoms with van der Waals surface area (Å²) in [5.41, 5.74) is 0.247. The fraction of sp³-hybridized carbons (Fsp3) is 0.0833. The third-order valence-electron chi connectivity index (χ3n) is 2.01. The van der Waals surface area contributed by atoms with Crippen LogP contribution < -0.4 is 5.32 Å². The lowest BCUT2D eigenvalue weighted by atomic mass is 10.2. The van der Waals surface area contributed by atoms with Gasteiger partial charge < -0.3 is 5.32 Å². The third-order valence-corrected chi connectivity index (χ3v) is 3.04. The molecule has 1 N–H and O–H groups in total. The van der Waals surface area contributed by atoms with Crippen LogP contribution in [0.25, 0.3) is 0 Å². The van der Waals surface area contributed by atoms with Crippen molar-refractivity contribution in [1.82, 2.24) is 0 Å². The van der Waals surface area contributed by atoms with Gasteiger partial charge in [0.15, 0.2) is 5.57 Å². The Morgan fingerprint density at radius 3 is 2.39 bits per heavy atom. The first kappa shape index (κ1) is 13.9. The van der Waals surface area contributed by atoms with Gasteiger partial charge >= 0.3 is 0 Å². The monoisotopic (exact) mass is 274 g/mol. The first-order valence-electron chi connectivity index (χ1n) is 4.71. The molecule has 0 aliphatic rings. The molecule has 1 aromatic carbocycles. The fourth-order valence-electron chi connectivity index (χ4n) is 1.20. The lowest BCUT2D eigenvalue weighted by Crippen LogP contribution is -2.01. The van der Waals surface area contributed by atoms with E-state index in [9.17, 15) is 0 Å². The Balaban J connectivity index is 3.24. The highest BCUT2D eigenvalue weighted by Crippen LogP contribution is 2.29. The zero-order valence-corrected chi connectivity index (χ0v) is 10.9. The van der Waals surface area contributed by atoms with Gasteiger partial charge in [-0.2, -0.15) is 15.8 Å². The van der Waals surface area contributed by atoms with E-state index in [0.29, 0.717) is 10.7 Å². The number of nitrogens with one attached hydrogen (secondary N) is 1. The maximum Gasteiger partial charge on any atom is 0.163 e.